The van der Waals surface area contributed by atoms with Gasteiger partial charge in [0.15, 0.2) is 31.5 Å². The molecule has 0 aromatic rings. The number of allylic oxidation sites excluding steroid dienone is 2. The lowest BCUT2D eigenvalue weighted by Crippen LogP contribution is -2.67. The normalized spacial score (nSPS) is 53.6. The summed E-state index contributed by atoms with van der Waals surface area (Å²) < 4.78 is 66.9. The highest BCUT2D eigenvalue weighted by Gasteiger charge is 2.64. The molecule has 25 nitrogen and oxygen atoms in total. The van der Waals surface area contributed by atoms with Crippen molar-refractivity contribution in [3.63, 3.8) is 0 Å². The summed E-state index contributed by atoms with van der Waals surface area (Å²) in [5, 5.41) is 150. The van der Waals surface area contributed by atoms with E-state index in [-0.39, 0.29) is 29.5 Å². The summed E-state index contributed by atoms with van der Waals surface area (Å²) in [5.41, 5.74) is 2.48. The van der Waals surface area contributed by atoms with E-state index in [4.69, 9.17) is 52.1 Å². The number of hydrogen-bond acceptors (Lipinski definition) is 25. The topological polar surface area (TPSA) is 385 Å². The average molecular weight is 1180 g/mol. The predicted octanol–water partition coefficient (Wildman–Crippen LogP) is -2.18. The smallest absolute Gasteiger partial charge is 0.187 e. The lowest BCUT2D eigenvalue weighted by atomic mass is 9.47. The molecule has 10 rings (SSSR count). The van der Waals surface area contributed by atoms with Crippen molar-refractivity contribution in [2.24, 2.45) is 40.4 Å². The maximum Gasteiger partial charge on any atom is 0.187 e. The van der Waals surface area contributed by atoms with Crippen molar-refractivity contribution in [1.29, 1.82) is 0 Å². The zero-order valence-corrected chi connectivity index (χ0v) is 47.8. The van der Waals surface area contributed by atoms with Gasteiger partial charge in [0.25, 0.3) is 0 Å². The van der Waals surface area contributed by atoms with Crippen molar-refractivity contribution in [3.8, 4) is 0 Å². The first-order valence-electron chi connectivity index (χ1n) is 29.8. The maximum absolute atomic E-state index is 12.3. The second kappa shape index (κ2) is 25.1. The molecule has 34 atom stereocenters. The van der Waals surface area contributed by atoms with Crippen molar-refractivity contribution < 1.29 is 124 Å². The molecular formula is C57H92O25. The highest BCUT2D eigenvalue weighted by atomic mass is 16.8. The third-order valence-electron chi connectivity index (χ3n) is 20.9. The van der Waals surface area contributed by atoms with Crippen LogP contribution in [-0.2, 0) is 52.1 Å². The van der Waals surface area contributed by atoms with Crippen LogP contribution in [0.4, 0.5) is 0 Å². The molecule has 3 saturated carbocycles. The minimum atomic E-state index is -1.87. The molecule has 25 heteroatoms. The zero-order chi connectivity index (χ0) is 59.2. The molecule has 5 saturated heterocycles. The van der Waals surface area contributed by atoms with E-state index in [1.54, 1.807) is 0 Å². The van der Waals surface area contributed by atoms with Crippen LogP contribution in [0, 0.1) is 40.4 Å². The van der Waals surface area contributed by atoms with E-state index < -0.39 is 173 Å². The molecule has 0 radical (unpaired) electrons. The number of aliphatic hydroxyl groups is 14. The molecule has 0 aromatic carbocycles. The van der Waals surface area contributed by atoms with Gasteiger partial charge < -0.3 is 124 Å². The van der Waals surface area contributed by atoms with Gasteiger partial charge in [0, 0.05) is 12.3 Å². The van der Waals surface area contributed by atoms with Crippen LogP contribution in [-0.4, -0.2) is 257 Å². The Bertz CT molecular complexity index is 2230. The Labute approximate surface area is 477 Å². The van der Waals surface area contributed by atoms with Gasteiger partial charge in [-0.25, -0.2) is 0 Å². The molecule has 0 spiro atoms. The van der Waals surface area contributed by atoms with Gasteiger partial charge in [-0.15, -0.1) is 0 Å². The van der Waals surface area contributed by atoms with Crippen molar-refractivity contribution in [2.45, 2.75) is 272 Å². The lowest BCUT2D eigenvalue weighted by molar-refractivity contribution is -0.394. The summed E-state index contributed by atoms with van der Waals surface area (Å²) in [6.07, 6.45) is -27.5. The molecule has 0 unspecified atom stereocenters. The first-order valence-corrected chi connectivity index (χ1v) is 29.8. The molecular weight excluding hydrogens is 1080 g/mol. The predicted molar refractivity (Wildman–Crippen MR) is 279 cm³/mol. The van der Waals surface area contributed by atoms with Gasteiger partial charge in [0.1, 0.15) is 110 Å². The summed E-state index contributed by atoms with van der Waals surface area (Å²) in [7, 11) is 0. The zero-order valence-electron chi connectivity index (χ0n) is 47.8. The lowest BCUT2D eigenvalue weighted by Gasteiger charge is -2.58. The van der Waals surface area contributed by atoms with E-state index >= 15 is 0 Å². The van der Waals surface area contributed by atoms with Crippen LogP contribution in [0.15, 0.2) is 23.0 Å². The summed E-state index contributed by atoms with van der Waals surface area (Å²) in [4.78, 5) is 0. The molecule has 8 fully saturated rings. The van der Waals surface area contributed by atoms with Gasteiger partial charge in [-0.05, 0) is 119 Å². The molecule has 14 N–H and O–H groups in total. The first kappa shape index (κ1) is 63.3. The van der Waals surface area contributed by atoms with E-state index in [1.165, 1.54) is 31.9 Å². The summed E-state index contributed by atoms with van der Waals surface area (Å²) in [6.45, 7) is 12.4. The number of aliphatic hydroxyl groups excluding tert-OH is 14. The van der Waals surface area contributed by atoms with Gasteiger partial charge in [0.05, 0.1) is 50.0 Å². The van der Waals surface area contributed by atoms with Crippen molar-refractivity contribution in [1.82, 2.24) is 0 Å². The minimum absolute atomic E-state index is 0.0405. The molecule has 6 heterocycles. The van der Waals surface area contributed by atoms with Gasteiger partial charge in [-0.2, -0.15) is 0 Å². The van der Waals surface area contributed by atoms with Crippen molar-refractivity contribution in [2.75, 3.05) is 19.8 Å². The van der Waals surface area contributed by atoms with Crippen LogP contribution in [0.5, 0.6) is 0 Å². The van der Waals surface area contributed by atoms with E-state index in [0.29, 0.717) is 36.5 Å². The molecule has 0 aromatic heterocycles. The van der Waals surface area contributed by atoms with Crippen molar-refractivity contribution >= 4 is 0 Å². The van der Waals surface area contributed by atoms with E-state index in [0.717, 1.165) is 50.7 Å². The quantitative estimate of drug-likeness (QED) is 0.0731. The molecule has 10 aliphatic rings. The maximum atomic E-state index is 12.3. The Hall–Kier alpha value is -1.68. The Morgan fingerprint density at radius 2 is 1.13 bits per heavy atom. The second-order valence-corrected chi connectivity index (χ2v) is 26.0. The van der Waals surface area contributed by atoms with Crippen LogP contribution in [0.3, 0.4) is 0 Å². The highest BCUT2D eigenvalue weighted by Crippen LogP contribution is 2.69. The molecule has 0 amide bonds. The van der Waals surface area contributed by atoms with Gasteiger partial charge in [-0.1, -0.05) is 32.4 Å². The number of fused-ring (bicyclic) bond motifs is 7. The monoisotopic (exact) mass is 1180 g/mol. The fourth-order valence-corrected chi connectivity index (χ4v) is 15.9. The summed E-state index contributed by atoms with van der Waals surface area (Å²) in [6, 6.07) is 0. The van der Waals surface area contributed by atoms with E-state index in [9.17, 15) is 71.5 Å². The Morgan fingerprint density at radius 1 is 0.573 bits per heavy atom. The minimum Gasteiger partial charge on any atom is -0.494 e. The largest absolute Gasteiger partial charge is 0.494 e. The molecule has 6 aliphatic heterocycles. The third kappa shape index (κ3) is 11.6. The second-order valence-electron chi connectivity index (χ2n) is 26.0. The molecule has 82 heavy (non-hydrogen) atoms. The van der Waals surface area contributed by atoms with Crippen molar-refractivity contribution in [3.05, 3.63) is 23.0 Å². The molecule has 470 valence electrons. The van der Waals surface area contributed by atoms with Gasteiger partial charge in [-0.3, -0.25) is 0 Å². The van der Waals surface area contributed by atoms with Crippen LogP contribution >= 0.6 is 0 Å². The summed E-state index contributed by atoms with van der Waals surface area (Å²) in [5.74, 6) is 2.65. The molecule has 0 bridgehead atoms. The fraction of sp³-hybridized carbons (Fsp3) is 0.930. The Kier molecular flexibility index (Phi) is 19.4. The Morgan fingerprint density at radius 3 is 1.77 bits per heavy atom. The molecule has 4 aliphatic carbocycles. The SMILES string of the molecule is CC1=C(CC[C@@H](C)CO[C@@H]2O[C@H](CO)[C@@H](O)[C@H](O)[C@H]2O)O[C@H]2C[C@H]3[C@@H]4CC=C5C[C@@H](O[C@@H]6O[C@H](CO)[C@@H](O[C@@H]7O[C@@H](C)[C@H](O[C@@H]8O[C@@H](C)[C@H](O)[C@@H](O)[C@H]8O)[C@@H](O)[C@H]7O)[C@H](O)[C@H]6O[C@@H]6O[C@@H](C)[C@H](O)[C@@H](O)[C@H]6O)CC[C@]5(C)[C@H]4CC[C@]3(C)[C@@H]12. The average Bonchev–Trinajstić information content (AvgIpc) is 4.15. The van der Waals surface area contributed by atoms with Crippen LogP contribution in [0.1, 0.15) is 106 Å². The van der Waals surface area contributed by atoms with E-state index in [2.05, 4.69) is 26.8 Å². The van der Waals surface area contributed by atoms with Crippen LogP contribution in [0.25, 0.3) is 0 Å². The standard InChI is InChI=1S/C57H92O25/c1-21(20-72-51-43(67)41(65)38(62)33(18-58)78-51)8-11-31-22(2)35-32(77-31)17-30-28-10-9-26-16-27(12-14-56(26,6)29(28)13-15-57(30,35)7)76-55-50(82-53-45(69)40(64)37(61)24(4)74-53)47(71)49(34(19-59)79-55)81-54-46(70)42(66)48(25(5)75-54)80-52-44(68)39(63)36(60)23(3)73-52/h9,21,23-25,27-30,32-55,58-71H,8,10-20H2,1-7H3/t21-,23+,24+,25+,27+,28-,29+,30+,32+,33-,34-,35+,36+,37+,38-,39-,40-,41+,42+,43-,44-,45-,46-,47+,48+,49-,50-,51-,52+,53+,54+,55-,56+,57+/m1/s1. The number of ether oxygens (including phenoxy) is 11. The highest BCUT2D eigenvalue weighted by molar-refractivity contribution is 5.30. The number of hydrogen-bond donors (Lipinski definition) is 14. The first-order chi connectivity index (χ1) is 38.8. The van der Waals surface area contributed by atoms with Gasteiger partial charge >= 0.3 is 0 Å². The third-order valence-corrected chi connectivity index (χ3v) is 20.9. The number of rotatable bonds is 16. The summed E-state index contributed by atoms with van der Waals surface area (Å²) >= 11 is 0. The van der Waals surface area contributed by atoms with E-state index in [1.807, 2.05) is 6.92 Å². The van der Waals surface area contributed by atoms with Crippen LogP contribution in [0.2, 0.25) is 0 Å². The van der Waals surface area contributed by atoms with Crippen LogP contribution < -0.4 is 0 Å². The fourth-order valence-electron chi connectivity index (χ4n) is 15.9. The Balaban J connectivity index is 0.788. The van der Waals surface area contributed by atoms with Gasteiger partial charge in [0.2, 0.25) is 0 Å².